The third-order valence-electron chi connectivity index (χ3n) is 10.9. The summed E-state index contributed by atoms with van der Waals surface area (Å²) in [6.45, 7) is 42.6. The van der Waals surface area contributed by atoms with Crippen molar-refractivity contribution in [3.8, 4) is 0 Å². The van der Waals surface area contributed by atoms with Gasteiger partial charge >= 0.3 is 267 Å². The van der Waals surface area contributed by atoms with E-state index in [0.717, 1.165) is 5.69 Å². The number of hydrogen-bond donors (Lipinski definition) is 1. The summed E-state index contributed by atoms with van der Waals surface area (Å²) < 4.78 is 1.05. The zero-order valence-corrected chi connectivity index (χ0v) is 32.2. The Bertz CT molecular complexity index is 1190. The average Bonchev–Trinajstić information content (AvgIpc) is 2.84. The summed E-state index contributed by atoms with van der Waals surface area (Å²) in [7, 11) is 0. The summed E-state index contributed by atoms with van der Waals surface area (Å²) in [5.41, 5.74) is 7.96. The van der Waals surface area contributed by atoms with E-state index in [-0.39, 0.29) is 43.7 Å². The normalized spacial score (nSPS) is 19.6. The Balaban J connectivity index is 2.88. The first-order valence-electron chi connectivity index (χ1n) is 17.0. The second-order valence-electron chi connectivity index (χ2n) is 16.2. The van der Waals surface area contributed by atoms with Gasteiger partial charge in [-0.2, -0.15) is 0 Å². The SMILES string of the molecule is CC(C)C1=NC(C(C)C)(C(C)C)c2c3c(c(C(C)C)c(C(C)C)c2C1(C(C)C)C(C)C)NC(=O)C(C(C)C)(C(C)C)[Se]3. The number of carbonyl (C=O) groups excluding carboxylic acids is 1. The van der Waals surface area contributed by atoms with E-state index in [0.29, 0.717) is 41.4 Å². The molecule has 1 N–H and O–H groups in total. The van der Waals surface area contributed by atoms with Crippen LogP contribution >= 0.6 is 0 Å². The molecule has 1 aromatic rings. The van der Waals surface area contributed by atoms with Gasteiger partial charge in [-0.05, 0) is 0 Å². The van der Waals surface area contributed by atoms with E-state index in [9.17, 15) is 4.79 Å². The molecular weight excluding hydrogens is 579 g/mol. The minimum absolute atomic E-state index is 0.0458. The van der Waals surface area contributed by atoms with Crippen LogP contribution < -0.4 is 9.78 Å². The van der Waals surface area contributed by atoms with Gasteiger partial charge in [0.15, 0.2) is 0 Å². The molecule has 0 aliphatic carbocycles. The number of carbonyl (C=O) groups is 1. The van der Waals surface area contributed by atoms with E-state index < -0.39 is 4.31 Å². The van der Waals surface area contributed by atoms with Gasteiger partial charge in [0, 0.05) is 0 Å². The molecule has 0 unspecified atom stereocenters. The van der Waals surface area contributed by atoms with Gasteiger partial charge in [0.1, 0.15) is 0 Å². The maximum atomic E-state index is 14.4. The predicted molar refractivity (Wildman–Crippen MR) is 186 cm³/mol. The van der Waals surface area contributed by atoms with Gasteiger partial charge in [0.2, 0.25) is 0 Å². The van der Waals surface area contributed by atoms with Gasteiger partial charge < -0.3 is 0 Å². The van der Waals surface area contributed by atoms with Gasteiger partial charge in [-0.25, -0.2) is 0 Å². The molecule has 0 bridgehead atoms. The predicted octanol–water partition coefficient (Wildman–Crippen LogP) is 9.85. The van der Waals surface area contributed by atoms with Gasteiger partial charge in [-0.1, -0.05) is 0 Å². The average molecular weight is 644 g/mol. The van der Waals surface area contributed by atoms with E-state index in [4.69, 9.17) is 4.99 Å². The molecule has 0 atom stereocenters. The molecule has 0 fully saturated rings. The van der Waals surface area contributed by atoms with Crippen LogP contribution in [0.4, 0.5) is 5.69 Å². The standard InChI is InChI=1S/C38H64N2OSe/c1-19(2)28-29(20(3)4)32-33(42-38(26(15)16,27(17)18)35(41)39-32)31-30(28)36(22(7)8,23(9)10)34(21(5)6)40-37(31,24(11)12)25(13)14/h19-27H,1-18H3,(H,39,41). The van der Waals surface area contributed by atoms with Crippen molar-refractivity contribution in [1.29, 1.82) is 0 Å². The number of amides is 1. The Morgan fingerprint density at radius 3 is 1.36 bits per heavy atom. The first-order chi connectivity index (χ1) is 19.2. The molecule has 4 heteroatoms. The number of benzene rings is 1. The second-order valence-corrected chi connectivity index (χ2v) is 18.9. The second kappa shape index (κ2) is 12.0. The first-order valence-corrected chi connectivity index (χ1v) is 18.8. The third kappa shape index (κ3) is 4.71. The van der Waals surface area contributed by atoms with Crippen molar-refractivity contribution in [2.45, 2.75) is 152 Å². The molecule has 1 amide bonds. The van der Waals surface area contributed by atoms with Gasteiger partial charge in [0.05, 0.1) is 0 Å². The van der Waals surface area contributed by atoms with Gasteiger partial charge in [-0.15, -0.1) is 0 Å². The van der Waals surface area contributed by atoms with Crippen LogP contribution in [0.3, 0.4) is 0 Å². The molecule has 1 aromatic carbocycles. The van der Waals surface area contributed by atoms with Crippen LogP contribution in [0.2, 0.25) is 4.31 Å². The molecule has 3 rings (SSSR count). The summed E-state index contributed by atoms with van der Waals surface area (Å²) in [4.78, 5) is 20.5. The van der Waals surface area contributed by atoms with Crippen LogP contribution in [0.25, 0.3) is 0 Å². The van der Waals surface area contributed by atoms with E-state index >= 15 is 0 Å². The molecule has 2 aliphatic rings. The molecule has 0 saturated carbocycles. The van der Waals surface area contributed by atoms with Crippen molar-refractivity contribution < 1.29 is 4.79 Å². The van der Waals surface area contributed by atoms with Crippen molar-refractivity contribution >= 4 is 36.7 Å². The van der Waals surface area contributed by atoms with E-state index in [1.165, 1.54) is 26.9 Å². The summed E-state index contributed by atoms with van der Waals surface area (Å²) in [5, 5.41) is 3.67. The fourth-order valence-corrected chi connectivity index (χ4v) is 12.6. The molecular formula is C38H64N2OSe. The Kier molecular flexibility index (Phi) is 10.1. The number of anilines is 1. The number of rotatable bonds is 9. The zero-order chi connectivity index (χ0) is 32.4. The Morgan fingerprint density at radius 2 is 1.02 bits per heavy atom. The molecule has 0 spiro atoms. The van der Waals surface area contributed by atoms with Crippen molar-refractivity contribution in [2.24, 2.45) is 46.4 Å². The maximum absolute atomic E-state index is 14.4. The van der Waals surface area contributed by atoms with Crippen LogP contribution in [0.15, 0.2) is 4.99 Å². The number of nitrogens with zero attached hydrogens (tertiary/aromatic N) is 1. The van der Waals surface area contributed by atoms with E-state index in [2.05, 4.69) is 130 Å². The zero-order valence-electron chi connectivity index (χ0n) is 30.5. The fraction of sp³-hybridized carbons (Fsp3) is 0.789. The summed E-state index contributed by atoms with van der Waals surface area (Å²) in [6.07, 6.45) is 0. The van der Waals surface area contributed by atoms with E-state index in [1.807, 2.05) is 0 Å². The summed E-state index contributed by atoms with van der Waals surface area (Å²) in [5.74, 6) is 3.11. The Morgan fingerprint density at radius 1 is 0.571 bits per heavy atom. The molecule has 0 saturated heterocycles. The summed E-state index contributed by atoms with van der Waals surface area (Å²) in [6, 6.07) is 0. The number of nitrogens with one attached hydrogen (secondary N) is 1. The number of fused-ring (bicyclic) bond motifs is 3. The number of aliphatic imine (C=N–C) groups is 1. The monoisotopic (exact) mass is 644 g/mol. The van der Waals surface area contributed by atoms with Crippen molar-refractivity contribution in [3.63, 3.8) is 0 Å². The summed E-state index contributed by atoms with van der Waals surface area (Å²) >= 11 is -0.0458. The van der Waals surface area contributed by atoms with Gasteiger partial charge in [-0.3, -0.25) is 0 Å². The van der Waals surface area contributed by atoms with E-state index in [1.54, 1.807) is 5.56 Å². The molecule has 0 radical (unpaired) electrons. The molecule has 42 heavy (non-hydrogen) atoms. The first kappa shape index (κ1) is 35.4. The molecule has 2 aliphatic heterocycles. The molecule has 2 heterocycles. The third-order valence-corrected chi connectivity index (χ3v) is 15.3. The topological polar surface area (TPSA) is 41.5 Å². The van der Waals surface area contributed by atoms with Gasteiger partial charge in [0.25, 0.3) is 0 Å². The molecule has 3 nitrogen and oxygen atoms in total. The molecule has 0 aromatic heterocycles. The van der Waals surface area contributed by atoms with Crippen LogP contribution in [0.5, 0.6) is 0 Å². The minimum atomic E-state index is -0.401. The fourth-order valence-electron chi connectivity index (χ4n) is 9.28. The van der Waals surface area contributed by atoms with Crippen LogP contribution in [-0.4, -0.2) is 26.6 Å². The molecule has 238 valence electrons. The number of hydrogen-bond acceptors (Lipinski definition) is 2. The van der Waals surface area contributed by atoms with Crippen molar-refractivity contribution in [2.75, 3.05) is 5.32 Å². The quantitative estimate of drug-likeness (QED) is 0.268. The van der Waals surface area contributed by atoms with Crippen LogP contribution in [0.1, 0.15) is 159 Å². The van der Waals surface area contributed by atoms with Crippen molar-refractivity contribution in [1.82, 2.24) is 0 Å². The van der Waals surface area contributed by atoms with Crippen molar-refractivity contribution in [3.05, 3.63) is 22.3 Å². The Labute approximate surface area is 266 Å². The van der Waals surface area contributed by atoms with Crippen LogP contribution in [0, 0.1) is 41.4 Å². The van der Waals surface area contributed by atoms with Crippen LogP contribution in [-0.2, 0) is 15.7 Å². The Hall–Kier alpha value is -1.12.